The lowest BCUT2D eigenvalue weighted by molar-refractivity contribution is -0.154. The van der Waals surface area contributed by atoms with Crippen molar-refractivity contribution in [1.82, 2.24) is 0 Å². The maximum absolute atomic E-state index is 12.2. The molecule has 0 bridgehead atoms. The Hall–Kier alpha value is -2.95. The van der Waals surface area contributed by atoms with Crippen LogP contribution in [0, 0.1) is 0 Å². The summed E-state index contributed by atoms with van der Waals surface area (Å²) >= 11 is 0. The molecule has 1 atom stereocenters. The number of hydrogen-bond acceptors (Lipinski definition) is 4. The Labute approximate surface area is 302 Å². The van der Waals surface area contributed by atoms with E-state index in [-0.39, 0.29) is 19.2 Å². The number of ether oxygens (including phenoxy) is 2. The summed E-state index contributed by atoms with van der Waals surface area (Å²) in [5.41, 5.74) is 0. The molecule has 49 heavy (non-hydrogen) atoms. The number of allylic oxidation sites excluding steroid dienone is 18. The van der Waals surface area contributed by atoms with Gasteiger partial charge in [0, 0.05) is 13.0 Å². The second-order valence-corrected chi connectivity index (χ2v) is 12.2. The number of hydrogen-bond donors (Lipinski definition) is 1. The van der Waals surface area contributed by atoms with E-state index in [2.05, 4.69) is 123 Å². The first-order valence-electron chi connectivity index (χ1n) is 19.5. The fraction of sp³-hybridized carbons (Fsp3) is 0.578. The van der Waals surface area contributed by atoms with Crippen molar-refractivity contribution in [3.05, 3.63) is 109 Å². The number of rotatable bonds is 34. The zero-order valence-corrected chi connectivity index (χ0v) is 31.4. The molecule has 0 saturated carbocycles. The van der Waals surface area contributed by atoms with E-state index < -0.39 is 6.10 Å². The average molecular weight is 677 g/mol. The van der Waals surface area contributed by atoms with Crippen LogP contribution in [0.1, 0.15) is 142 Å². The van der Waals surface area contributed by atoms with Crippen molar-refractivity contribution in [3.63, 3.8) is 0 Å². The van der Waals surface area contributed by atoms with E-state index in [0.29, 0.717) is 13.0 Å². The average Bonchev–Trinajstić information content (AvgIpc) is 3.11. The van der Waals surface area contributed by atoms with Crippen molar-refractivity contribution < 1.29 is 19.4 Å². The van der Waals surface area contributed by atoms with E-state index in [9.17, 15) is 9.90 Å². The minimum atomic E-state index is -0.572. The summed E-state index contributed by atoms with van der Waals surface area (Å²) in [6.07, 6.45) is 59.9. The summed E-state index contributed by atoms with van der Waals surface area (Å²) in [5.74, 6) is -0.236. The summed E-state index contributed by atoms with van der Waals surface area (Å²) in [6.45, 7) is 4.98. The molecule has 1 unspecified atom stereocenters. The van der Waals surface area contributed by atoms with Gasteiger partial charge in [-0.15, -0.1) is 0 Å². The molecule has 0 aromatic carbocycles. The van der Waals surface area contributed by atoms with Gasteiger partial charge in [0.1, 0.15) is 6.10 Å². The maximum atomic E-state index is 12.2. The molecule has 0 saturated heterocycles. The molecule has 0 heterocycles. The molecule has 0 amide bonds. The number of carbonyl (C=O) groups is 1. The van der Waals surface area contributed by atoms with Crippen molar-refractivity contribution >= 4 is 5.97 Å². The predicted molar refractivity (Wildman–Crippen MR) is 214 cm³/mol. The van der Waals surface area contributed by atoms with Crippen LogP contribution in [0.2, 0.25) is 0 Å². The highest BCUT2D eigenvalue weighted by Gasteiger charge is 2.13. The van der Waals surface area contributed by atoms with Gasteiger partial charge in [-0.3, -0.25) is 4.79 Å². The van der Waals surface area contributed by atoms with Crippen LogP contribution in [0.3, 0.4) is 0 Å². The van der Waals surface area contributed by atoms with E-state index in [1.54, 1.807) is 0 Å². The van der Waals surface area contributed by atoms with Crippen LogP contribution in [-0.4, -0.2) is 37.0 Å². The normalized spacial score (nSPS) is 13.6. The first kappa shape index (κ1) is 46.0. The summed E-state index contributed by atoms with van der Waals surface area (Å²) in [7, 11) is 0. The number of unbranched alkanes of at least 4 members (excludes halogenated alkanes) is 8. The molecular formula is C45H72O4. The quantitative estimate of drug-likeness (QED) is 0.0419. The molecule has 1 N–H and O–H groups in total. The summed E-state index contributed by atoms with van der Waals surface area (Å²) < 4.78 is 11.1. The second-order valence-electron chi connectivity index (χ2n) is 12.2. The maximum Gasteiger partial charge on any atom is 0.306 e. The van der Waals surface area contributed by atoms with Gasteiger partial charge >= 0.3 is 5.97 Å². The third-order valence-corrected chi connectivity index (χ3v) is 7.59. The molecule has 276 valence electrons. The molecule has 0 fully saturated rings. The smallest absolute Gasteiger partial charge is 0.306 e. The van der Waals surface area contributed by atoms with Gasteiger partial charge in [0.05, 0.1) is 13.2 Å². The summed E-state index contributed by atoms with van der Waals surface area (Å²) in [4.78, 5) is 12.2. The number of aliphatic hydroxyl groups excluding tert-OH is 1. The van der Waals surface area contributed by atoms with Crippen LogP contribution < -0.4 is 0 Å². The van der Waals surface area contributed by atoms with E-state index in [1.807, 2.05) is 0 Å². The van der Waals surface area contributed by atoms with Crippen LogP contribution in [0.4, 0.5) is 0 Å². The molecule has 4 nitrogen and oxygen atoms in total. The third-order valence-electron chi connectivity index (χ3n) is 7.59. The number of esters is 1. The van der Waals surface area contributed by atoms with Gasteiger partial charge < -0.3 is 14.6 Å². The number of carbonyl (C=O) groups excluding carboxylic acids is 1. The molecule has 0 radical (unpaired) electrons. The van der Waals surface area contributed by atoms with Crippen LogP contribution in [-0.2, 0) is 14.3 Å². The lowest BCUT2D eigenvalue weighted by Gasteiger charge is -2.15. The van der Waals surface area contributed by atoms with Crippen molar-refractivity contribution in [1.29, 1.82) is 0 Å². The highest BCUT2D eigenvalue weighted by Crippen LogP contribution is 2.10. The van der Waals surface area contributed by atoms with Gasteiger partial charge in [-0.05, 0) is 96.3 Å². The molecule has 0 aliphatic rings. The van der Waals surface area contributed by atoms with Crippen molar-refractivity contribution in [3.8, 4) is 0 Å². The van der Waals surface area contributed by atoms with E-state index in [1.165, 1.54) is 19.3 Å². The molecular weight excluding hydrogens is 604 g/mol. The van der Waals surface area contributed by atoms with Crippen molar-refractivity contribution in [2.75, 3.05) is 19.8 Å². The molecule has 4 heteroatoms. The molecule has 0 rings (SSSR count). The zero-order valence-electron chi connectivity index (χ0n) is 31.4. The highest BCUT2D eigenvalue weighted by molar-refractivity contribution is 5.69. The van der Waals surface area contributed by atoms with Crippen molar-refractivity contribution in [2.24, 2.45) is 0 Å². The van der Waals surface area contributed by atoms with Gasteiger partial charge in [0.2, 0.25) is 0 Å². The van der Waals surface area contributed by atoms with Crippen LogP contribution >= 0.6 is 0 Å². The lowest BCUT2D eigenvalue weighted by atomic mass is 10.1. The standard InChI is InChI=1S/C45H72O4/c1-3-5-7-9-11-13-15-17-19-21-23-24-26-28-30-32-34-36-38-40-45(47)49-44(42-46)43-48-41-39-37-35-33-31-29-27-25-22-20-18-16-14-12-10-8-6-4-2/h5-8,11-14,17-20,23-25,27,31,33,44,46H,3-4,9-10,15-16,21-22,26,28-30,32,34-43H2,1-2H3/b7-5-,8-6-,13-11-,14-12-,19-17-,20-18-,24-23-,27-25-,33-31-. The largest absolute Gasteiger partial charge is 0.457 e. The van der Waals surface area contributed by atoms with Crippen molar-refractivity contribution in [2.45, 2.75) is 148 Å². The number of aliphatic hydroxyl groups is 1. The van der Waals surface area contributed by atoms with Gasteiger partial charge in [-0.25, -0.2) is 0 Å². The molecule has 0 aliphatic carbocycles. The van der Waals surface area contributed by atoms with Gasteiger partial charge in [-0.2, -0.15) is 0 Å². The van der Waals surface area contributed by atoms with Gasteiger partial charge in [-0.1, -0.05) is 149 Å². The predicted octanol–water partition coefficient (Wildman–Crippen LogP) is 12.8. The monoisotopic (exact) mass is 677 g/mol. The van der Waals surface area contributed by atoms with Gasteiger partial charge in [0.25, 0.3) is 0 Å². The SMILES string of the molecule is CC/C=C\C/C=C\C/C=C\C/C=C\C/C=C\CCCCOCC(CO)OC(=O)CCCCCCCC/C=C\C/C=C\C/C=C\C/C=C\CC. The summed E-state index contributed by atoms with van der Waals surface area (Å²) in [5, 5.41) is 9.58. The van der Waals surface area contributed by atoms with E-state index in [4.69, 9.17) is 9.47 Å². The Balaban J connectivity index is 3.61. The van der Waals surface area contributed by atoms with Crippen LogP contribution in [0.15, 0.2) is 109 Å². The fourth-order valence-electron chi connectivity index (χ4n) is 4.75. The summed E-state index contributed by atoms with van der Waals surface area (Å²) in [6, 6.07) is 0. The Morgan fingerprint density at radius 1 is 0.490 bits per heavy atom. The Morgan fingerprint density at radius 3 is 1.29 bits per heavy atom. The van der Waals surface area contributed by atoms with E-state index >= 15 is 0 Å². The van der Waals surface area contributed by atoms with Gasteiger partial charge in [0.15, 0.2) is 0 Å². The third kappa shape index (κ3) is 39.4. The minimum absolute atomic E-state index is 0.203. The first-order chi connectivity index (χ1) is 24.2. The molecule has 0 aromatic heterocycles. The second kappa shape index (κ2) is 41.2. The lowest BCUT2D eigenvalue weighted by Crippen LogP contribution is -2.27. The van der Waals surface area contributed by atoms with Crippen LogP contribution in [0.5, 0.6) is 0 Å². The minimum Gasteiger partial charge on any atom is -0.457 e. The molecule has 0 spiro atoms. The molecule has 0 aliphatic heterocycles. The topological polar surface area (TPSA) is 55.8 Å². The first-order valence-corrected chi connectivity index (χ1v) is 19.5. The fourth-order valence-corrected chi connectivity index (χ4v) is 4.75. The Morgan fingerprint density at radius 2 is 0.857 bits per heavy atom. The van der Waals surface area contributed by atoms with Crippen LogP contribution in [0.25, 0.3) is 0 Å². The highest BCUT2D eigenvalue weighted by atomic mass is 16.6. The van der Waals surface area contributed by atoms with E-state index in [0.717, 1.165) is 103 Å². The Bertz CT molecular complexity index is 976. The molecule has 0 aromatic rings. The Kier molecular flexibility index (Phi) is 38.7. The zero-order chi connectivity index (χ0) is 35.6.